The zero-order chi connectivity index (χ0) is 26.3. The summed E-state index contributed by atoms with van der Waals surface area (Å²) >= 11 is 0. The van der Waals surface area contributed by atoms with Gasteiger partial charge in [0.1, 0.15) is 18.3 Å². The number of hydrogen-bond acceptors (Lipinski definition) is 7. The second kappa shape index (κ2) is 11.4. The molecule has 0 aliphatic rings. The molecule has 0 fully saturated rings. The van der Waals surface area contributed by atoms with Crippen LogP contribution in [0.3, 0.4) is 0 Å². The molecule has 1 aromatic carbocycles. The van der Waals surface area contributed by atoms with E-state index in [1.54, 1.807) is 18.2 Å². The van der Waals surface area contributed by atoms with Crippen LogP contribution < -0.4 is 27.8 Å². The summed E-state index contributed by atoms with van der Waals surface area (Å²) in [7, 11) is 1.31. The smallest absolute Gasteiger partial charge is 0.331 e. The molecule has 0 spiro atoms. The molecule has 15 heteroatoms. The lowest BCUT2D eigenvalue weighted by atomic mass is 10.1. The molecule has 0 radical (unpaired) electrons. The van der Waals surface area contributed by atoms with Crippen molar-refractivity contribution in [2.45, 2.75) is 31.6 Å². The zero-order valence-electron chi connectivity index (χ0n) is 18.5. The molecule has 2 aromatic rings. The quantitative estimate of drug-likeness (QED) is 0.129. The van der Waals surface area contributed by atoms with Gasteiger partial charge in [0, 0.05) is 7.05 Å². The molecular formula is C20H25N7O8. The summed E-state index contributed by atoms with van der Waals surface area (Å²) in [6.45, 7) is -1.03. The number of hydrogen-bond donors (Lipinski definition) is 7. The lowest BCUT2D eigenvalue weighted by molar-refractivity contribution is -0.143. The Morgan fingerprint density at radius 2 is 1.71 bits per heavy atom. The summed E-state index contributed by atoms with van der Waals surface area (Å²) < 4.78 is 1.68. The number of aliphatic imine (C=N–C) groups is 1. The normalized spacial score (nSPS) is 12.3. The van der Waals surface area contributed by atoms with E-state index in [4.69, 9.17) is 16.6 Å². The monoisotopic (exact) mass is 491 g/mol. The second-order valence-electron chi connectivity index (χ2n) is 7.35. The molecule has 35 heavy (non-hydrogen) atoms. The number of aromatic nitrogens is 2. The van der Waals surface area contributed by atoms with Crippen LogP contribution in [0.15, 0.2) is 40.1 Å². The van der Waals surface area contributed by atoms with Gasteiger partial charge in [-0.25, -0.2) is 14.6 Å². The Labute approximate surface area is 197 Å². The molecule has 188 valence electrons. The largest absolute Gasteiger partial charge is 0.493 e. The van der Waals surface area contributed by atoms with Crippen LogP contribution in [0.5, 0.6) is 5.88 Å². The second-order valence-corrected chi connectivity index (χ2v) is 7.35. The molecule has 0 saturated carbocycles. The lowest BCUT2D eigenvalue weighted by Crippen LogP contribution is -2.50. The molecule has 15 nitrogen and oxygen atoms in total. The number of benzene rings is 1. The van der Waals surface area contributed by atoms with Crippen LogP contribution in [0.2, 0.25) is 0 Å². The SMILES string of the molecule is Cn1c(CN=C(N)N)c(O)n(CC(=O)N[C@@H](CC(=O)O)C(=O)N[C@H](C(=O)O)c2ccccc2)c1=O. The van der Waals surface area contributed by atoms with E-state index in [2.05, 4.69) is 15.6 Å². The number of imidazole rings is 1. The van der Waals surface area contributed by atoms with Crippen molar-refractivity contribution in [2.24, 2.45) is 23.5 Å². The first-order valence-electron chi connectivity index (χ1n) is 10.0. The van der Waals surface area contributed by atoms with Crippen molar-refractivity contribution in [3.63, 3.8) is 0 Å². The van der Waals surface area contributed by atoms with Gasteiger partial charge in [0.2, 0.25) is 17.7 Å². The molecule has 1 heterocycles. The maximum atomic E-state index is 12.7. The van der Waals surface area contributed by atoms with Crippen LogP contribution in [0.25, 0.3) is 0 Å². The number of aromatic hydroxyl groups is 1. The van der Waals surface area contributed by atoms with Gasteiger partial charge in [0.15, 0.2) is 12.0 Å². The van der Waals surface area contributed by atoms with Gasteiger partial charge in [0.05, 0.1) is 13.0 Å². The van der Waals surface area contributed by atoms with E-state index < -0.39 is 60.4 Å². The number of carboxylic acid groups (broad SMARTS) is 2. The Morgan fingerprint density at radius 3 is 2.26 bits per heavy atom. The number of nitrogens with two attached hydrogens (primary N) is 2. The third-order valence-electron chi connectivity index (χ3n) is 4.85. The average molecular weight is 491 g/mol. The highest BCUT2D eigenvalue weighted by molar-refractivity contribution is 5.93. The molecule has 2 rings (SSSR count). The van der Waals surface area contributed by atoms with Crippen LogP contribution in [0.1, 0.15) is 23.7 Å². The number of carbonyl (C=O) groups is 4. The van der Waals surface area contributed by atoms with Crippen molar-refractivity contribution < 1.29 is 34.5 Å². The van der Waals surface area contributed by atoms with Crippen molar-refractivity contribution in [1.82, 2.24) is 19.8 Å². The summed E-state index contributed by atoms with van der Waals surface area (Å²) in [4.78, 5) is 64.2. The van der Waals surface area contributed by atoms with E-state index in [-0.39, 0.29) is 23.8 Å². The number of carbonyl (C=O) groups excluding carboxylic acids is 2. The van der Waals surface area contributed by atoms with Crippen molar-refractivity contribution in [1.29, 1.82) is 0 Å². The summed E-state index contributed by atoms with van der Waals surface area (Å²) in [5.41, 5.74) is 9.92. The van der Waals surface area contributed by atoms with Crippen molar-refractivity contribution >= 4 is 29.7 Å². The van der Waals surface area contributed by atoms with E-state index >= 15 is 0 Å². The number of nitrogens with one attached hydrogen (secondary N) is 2. The highest BCUT2D eigenvalue weighted by atomic mass is 16.4. The van der Waals surface area contributed by atoms with Gasteiger partial charge < -0.3 is 37.4 Å². The Balaban J connectivity index is 2.22. The summed E-state index contributed by atoms with van der Waals surface area (Å²) in [6.07, 6.45) is -0.871. The van der Waals surface area contributed by atoms with Gasteiger partial charge in [-0.2, -0.15) is 0 Å². The molecule has 9 N–H and O–H groups in total. The summed E-state index contributed by atoms with van der Waals surface area (Å²) in [5, 5.41) is 33.3. The molecule has 0 unspecified atom stereocenters. The van der Waals surface area contributed by atoms with Gasteiger partial charge in [-0.15, -0.1) is 0 Å². The molecule has 2 amide bonds. The number of guanidine groups is 1. The van der Waals surface area contributed by atoms with Crippen LogP contribution in [0, 0.1) is 0 Å². The molecule has 2 atom stereocenters. The first-order valence-corrected chi connectivity index (χ1v) is 10.0. The fraction of sp³-hybridized carbons (Fsp3) is 0.300. The van der Waals surface area contributed by atoms with E-state index in [9.17, 15) is 34.2 Å². The summed E-state index contributed by atoms with van der Waals surface area (Å²) in [5.74, 6) is -5.81. The predicted octanol–water partition coefficient (Wildman–Crippen LogP) is -2.43. The Morgan fingerprint density at radius 1 is 1.09 bits per heavy atom. The minimum Gasteiger partial charge on any atom is -0.493 e. The molecule has 0 bridgehead atoms. The molecule has 0 saturated heterocycles. The van der Waals surface area contributed by atoms with Gasteiger partial charge in [-0.3, -0.25) is 23.5 Å². The zero-order valence-corrected chi connectivity index (χ0v) is 18.5. The molecule has 0 aliphatic heterocycles. The predicted molar refractivity (Wildman–Crippen MR) is 120 cm³/mol. The Bertz CT molecular complexity index is 1200. The van der Waals surface area contributed by atoms with Crippen LogP contribution in [-0.2, 0) is 39.3 Å². The number of carboxylic acids is 2. The minimum absolute atomic E-state index is 0.00295. The van der Waals surface area contributed by atoms with Crippen molar-refractivity contribution in [2.75, 3.05) is 0 Å². The minimum atomic E-state index is -1.67. The highest BCUT2D eigenvalue weighted by Crippen LogP contribution is 2.16. The third kappa shape index (κ3) is 6.83. The van der Waals surface area contributed by atoms with E-state index in [1.165, 1.54) is 19.2 Å². The number of aliphatic carboxylic acids is 2. The van der Waals surface area contributed by atoms with Crippen LogP contribution in [-0.4, -0.2) is 60.2 Å². The van der Waals surface area contributed by atoms with Crippen LogP contribution >= 0.6 is 0 Å². The molecular weight excluding hydrogens is 466 g/mol. The number of amides is 2. The van der Waals surface area contributed by atoms with Crippen molar-refractivity contribution in [3.05, 3.63) is 52.1 Å². The van der Waals surface area contributed by atoms with E-state index in [0.717, 1.165) is 4.57 Å². The third-order valence-corrected chi connectivity index (χ3v) is 4.85. The topological polar surface area (TPSA) is 244 Å². The number of rotatable bonds is 11. The standard InChI is InChI=1S/C20H25N7O8/c1-26-12(8-23-19(21)22)17(32)27(20(26)35)9-13(28)24-11(7-14(29)30)16(31)25-15(18(33)34)10-5-3-2-4-6-10/h2-6,11,15,32H,7-9H2,1H3,(H,24,28)(H,25,31)(H,29,30)(H,33,34)(H4,21,22,23)/t11-,15-/m0/s1. The first-order chi connectivity index (χ1) is 16.4. The molecule has 1 aromatic heterocycles. The van der Waals surface area contributed by atoms with Gasteiger partial charge in [-0.1, -0.05) is 30.3 Å². The number of nitrogens with zero attached hydrogens (tertiary/aromatic N) is 3. The Kier molecular flexibility index (Phi) is 8.57. The van der Waals surface area contributed by atoms with Crippen molar-refractivity contribution in [3.8, 4) is 5.88 Å². The summed E-state index contributed by atoms with van der Waals surface area (Å²) in [6, 6.07) is 4.48. The lowest BCUT2D eigenvalue weighted by Gasteiger charge is -2.20. The maximum Gasteiger partial charge on any atom is 0.331 e. The van der Waals surface area contributed by atoms with E-state index in [0.29, 0.717) is 4.57 Å². The average Bonchev–Trinajstić information content (AvgIpc) is 2.98. The van der Waals surface area contributed by atoms with Gasteiger partial charge in [0.25, 0.3) is 0 Å². The fourth-order valence-electron chi connectivity index (χ4n) is 3.12. The van der Waals surface area contributed by atoms with E-state index in [1.807, 2.05) is 0 Å². The highest BCUT2D eigenvalue weighted by Gasteiger charge is 2.30. The first kappa shape index (κ1) is 26.4. The fourth-order valence-corrected chi connectivity index (χ4v) is 3.12. The van der Waals surface area contributed by atoms with Crippen LogP contribution in [0.4, 0.5) is 0 Å². The maximum absolute atomic E-state index is 12.7. The van der Waals surface area contributed by atoms with Gasteiger partial charge >= 0.3 is 17.6 Å². The van der Waals surface area contributed by atoms with Gasteiger partial charge in [-0.05, 0) is 5.56 Å². The Hall–Kier alpha value is -4.82. The molecule has 0 aliphatic carbocycles.